The zero-order valence-electron chi connectivity index (χ0n) is 16.6. The van der Waals surface area contributed by atoms with Crippen LogP contribution in [0.5, 0.6) is 0 Å². The maximum atomic E-state index is 13.8. The first-order chi connectivity index (χ1) is 13.1. The highest BCUT2D eigenvalue weighted by atomic mass is 35.5. The largest absolute Gasteiger partial charge is 0.443 e. The van der Waals surface area contributed by atoms with Gasteiger partial charge in [-0.2, -0.15) is 0 Å². The summed E-state index contributed by atoms with van der Waals surface area (Å²) in [5.41, 5.74) is 1.20. The molecule has 0 N–H and O–H groups in total. The number of carbonyl (C=O) groups excluding carboxylic acids is 2. The molecule has 3 rings (SSSR count). The van der Waals surface area contributed by atoms with Crippen molar-refractivity contribution >= 4 is 29.3 Å². The lowest BCUT2D eigenvalue weighted by atomic mass is 9.71. The van der Waals surface area contributed by atoms with Crippen LogP contribution < -0.4 is 4.90 Å². The van der Waals surface area contributed by atoms with Crippen LogP contribution in [0.25, 0.3) is 0 Å². The number of halogens is 1. The summed E-state index contributed by atoms with van der Waals surface area (Å²) in [6.45, 7) is 11.1. The van der Waals surface area contributed by atoms with Crippen molar-refractivity contribution in [1.29, 1.82) is 0 Å². The molecule has 0 aromatic heterocycles. The van der Waals surface area contributed by atoms with Crippen LogP contribution in [0, 0.1) is 6.92 Å². The number of allylic oxidation sites excluding steroid dienone is 1. The van der Waals surface area contributed by atoms with Gasteiger partial charge in [0.15, 0.2) is 0 Å². The number of hydrogen-bond donors (Lipinski definition) is 0. The second-order valence-corrected chi connectivity index (χ2v) is 8.43. The van der Waals surface area contributed by atoms with Crippen molar-refractivity contribution in [1.82, 2.24) is 0 Å². The van der Waals surface area contributed by atoms with Gasteiger partial charge >= 0.3 is 6.09 Å². The van der Waals surface area contributed by atoms with Crippen molar-refractivity contribution < 1.29 is 14.3 Å². The van der Waals surface area contributed by atoms with Crippen LogP contribution in [0.1, 0.15) is 43.9 Å². The zero-order valence-corrected chi connectivity index (χ0v) is 17.3. The number of hydrogen-bond acceptors (Lipinski definition) is 3. The fraction of sp³-hybridized carbons (Fsp3) is 0.304. The molecule has 0 bridgehead atoms. The summed E-state index contributed by atoms with van der Waals surface area (Å²) in [5.74, 6) is -0.354. The number of imide groups is 1. The van der Waals surface area contributed by atoms with E-state index >= 15 is 0 Å². The van der Waals surface area contributed by atoms with Crippen molar-refractivity contribution in [2.75, 3.05) is 4.90 Å². The third-order valence-corrected chi connectivity index (χ3v) is 5.10. The second kappa shape index (κ2) is 7.10. The van der Waals surface area contributed by atoms with Gasteiger partial charge in [0.05, 0.1) is 5.69 Å². The first-order valence-corrected chi connectivity index (χ1v) is 9.54. The van der Waals surface area contributed by atoms with Gasteiger partial charge in [-0.05, 0) is 62.9 Å². The van der Waals surface area contributed by atoms with E-state index in [4.69, 9.17) is 16.3 Å². The Morgan fingerprint density at radius 3 is 2.50 bits per heavy atom. The number of nitrogens with zero attached hydrogens (tertiary/aromatic N) is 1. The Morgan fingerprint density at radius 2 is 1.89 bits per heavy atom. The monoisotopic (exact) mass is 397 g/mol. The highest BCUT2D eigenvalue weighted by molar-refractivity contribution is 6.32. The van der Waals surface area contributed by atoms with E-state index in [0.717, 1.165) is 21.6 Å². The number of anilines is 1. The molecule has 4 nitrogen and oxygen atoms in total. The number of fused-ring (bicyclic) bond motifs is 1. The lowest BCUT2D eigenvalue weighted by Gasteiger charge is -2.30. The molecule has 1 unspecified atom stereocenters. The Bertz CT molecular complexity index is 961. The van der Waals surface area contributed by atoms with Crippen LogP contribution in [0.3, 0.4) is 0 Å². The molecule has 5 heteroatoms. The first kappa shape index (κ1) is 20.2. The molecule has 0 radical (unpaired) electrons. The van der Waals surface area contributed by atoms with Gasteiger partial charge in [-0.1, -0.05) is 48.0 Å². The van der Waals surface area contributed by atoms with Crippen molar-refractivity contribution in [2.45, 2.75) is 45.1 Å². The van der Waals surface area contributed by atoms with Gasteiger partial charge in [0.25, 0.3) is 5.91 Å². The fourth-order valence-corrected chi connectivity index (χ4v) is 3.96. The number of aryl methyl sites for hydroxylation is 1. The van der Waals surface area contributed by atoms with Crippen LogP contribution in [-0.2, 0) is 14.9 Å². The molecule has 0 saturated carbocycles. The standard InChI is InChI=1S/C23H24ClNO3/c1-6-13-23(17-10-8-7-9-15(17)2)18-12-11-16(24)14-19(18)25(20(23)26)21(27)28-22(3,4)5/h6-12,14H,1,13H2,2-5H3. The molecular weight excluding hydrogens is 374 g/mol. The SMILES string of the molecule is C=CCC1(c2ccccc2C)C(=O)N(C(=O)OC(C)(C)C)c2cc(Cl)ccc21. The quantitative estimate of drug-likeness (QED) is 0.615. The molecule has 0 fully saturated rings. The average molecular weight is 398 g/mol. The number of carbonyl (C=O) groups is 2. The normalized spacial score (nSPS) is 18.8. The lowest BCUT2D eigenvalue weighted by Crippen LogP contribution is -2.46. The maximum Gasteiger partial charge on any atom is 0.421 e. The van der Waals surface area contributed by atoms with E-state index in [9.17, 15) is 9.59 Å². The van der Waals surface area contributed by atoms with Gasteiger partial charge < -0.3 is 4.74 Å². The van der Waals surface area contributed by atoms with E-state index in [-0.39, 0.29) is 5.91 Å². The Kier molecular flexibility index (Phi) is 5.11. The van der Waals surface area contributed by atoms with E-state index in [1.54, 1.807) is 39.0 Å². The third-order valence-electron chi connectivity index (χ3n) is 4.86. The minimum Gasteiger partial charge on any atom is -0.443 e. The van der Waals surface area contributed by atoms with E-state index in [0.29, 0.717) is 17.1 Å². The third kappa shape index (κ3) is 3.22. The van der Waals surface area contributed by atoms with Crippen LogP contribution in [0.2, 0.25) is 5.02 Å². The van der Waals surface area contributed by atoms with Crippen LogP contribution >= 0.6 is 11.6 Å². The summed E-state index contributed by atoms with van der Waals surface area (Å²) in [4.78, 5) is 27.9. The summed E-state index contributed by atoms with van der Waals surface area (Å²) in [7, 11) is 0. The smallest absolute Gasteiger partial charge is 0.421 e. The summed E-state index contributed by atoms with van der Waals surface area (Å²) in [6, 6.07) is 12.9. The first-order valence-electron chi connectivity index (χ1n) is 9.16. The molecule has 1 heterocycles. The highest BCUT2D eigenvalue weighted by Crippen LogP contribution is 2.50. The van der Waals surface area contributed by atoms with Crippen LogP contribution in [-0.4, -0.2) is 17.6 Å². The summed E-state index contributed by atoms with van der Waals surface area (Å²) >= 11 is 6.21. The van der Waals surface area contributed by atoms with Crippen molar-refractivity contribution in [2.24, 2.45) is 0 Å². The van der Waals surface area contributed by atoms with Crippen molar-refractivity contribution in [3.8, 4) is 0 Å². The molecule has 2 aromatic rings. The average Bonchev–Trinajstić information content (AvgIpc) is 2.82. The Labute approximate surface area is 170 Å². The molecule has 2 amide bonds. The summed E-state index contributed by atoms with van der Waals surface area (Å²) < 4.78 is 5.52. The topological polar surface area (TPSA) is 46.6 Å². The van der Waals surface area contributed by atoms with Crippen LogP contribution in [0.15, 0.2) is 55.1 Å². The minimum atomic E-state index is -1.05. The fourth-order valence-electron chi connectivity index (χ4n) is 3.79. The molecule has 0 spiro atoms. The van der Waals surface area contributed by atoms with Gasteiger partial charge in [0.2, 0.25) is 0 Å². The molecule has 0 saturated heterocycles. The molecule has 0 aliphatic carbocycles. The van der Waals surface area contributed by atoms with Gasteiger partial charge in [0, 0.05) is 5.02 Å². The van der Waals surface area contributed by atoms with Gasteiger partial charge in [-0.3, -0.25) is 4.79 Å². The summed E-state index contributed by atoms with van der Waals surface area (Å²) in [5, 5.41) is 0.444. The Hall–Kier alpha value is -2.59. The van der Waals surface area contributed by atoms with Gasteiger partial charge in [0.1, 0.15) is 11.0 Å². The molecule has 1 aliphatic heterocycles. The second-order valence-electron chi connectivity index (χ2n) is 8.00. The zero-order chi connectivity index (χ0) is 20.7. The molecule has 1 aliphatic rings. The maximum absolute atomic E-state index is 13.8. The number of rotatable bonds is 3. The number of amides is 2. The van der Waals surface area contributed by atoms with Gasteiger partial charge in [-0.15, -0.1) is 6.58 Å². The van der Waals surface area contributed by atoms with Crippen LogP contribution in [0.4, 0.5) is 10.5 Å². The lowest BCUT2D eigenvalue weighted by molar-refractivity contribution is -0.121. The van der Waals surface area contributed by atoms with Gasteiger partial charge in [-0.25, -0.2) is 9.69 Å². The predicted molar refractivity (Wildman–Crippen MR) is 112 cm³/mol. The minimum absolute atomic E-state index is 0.352. The number of ether oxygens (including phenoxy) is 1. The molecule has 2 aromatic carbocycles. The van der Waals surface area contributed by atoms with E-state index in [1.165, 1.54) is 0 Å². The molecule has 28 heavy (non-hydrogen) atoms. The Morgan fingerprint density at radius 1 is 1.21 bits per heavy atom. The number of benzene rings is 2. The Balaban J connectivity index is 2.28. The summed E-state index contributed by atoms with van der Waals surface area (Å²) in [6.07, 6.45) is 1.35. The molecule has 1 atom stereocenters. The predicted octanol–water partition coefficient (Wildman–Crippen LogP) is 5.79. The van der Waals surface area contributed by atoms with E-state index in [1.807, 2.05) is 37.3 Å². The molecule has 146 valence electrons. The van der Waals surface area contributed by atoms with E-state index < -0.39 is 17.1 Å². The van der Waals surface area contributed by atoms with E-state index in [2.05, 4.69) is 6.58 Å². The van der Waals surface area contributed by atoms with Crippen molar-refractivity contribution in [3.63, 3.8) is 0 Å². The highest BCUT2D eigenvalue weighted by Gasteiger charge is 2.54. The molecular formula is C23H24ClNO3. The van der Waals surface area contributed by atoms with Crippen molar-refractivity contribution in [3.05, 3.63) is 76.8 Å².